The molecule has 0 aliphatic rings. The minimum atomic E-state index is -0.00683. The van der Waals surface area contributed by atoms with Crippen molar-refractivity contribution in [3.8, 4) is 0 Å². The van der Waals surface area contributed by atoms with Crippen LogP contribution < -0.4 is 0 Å². The number of carbonyl (C=O) groups excluding carboxylic acids is 1. The fourth-order valence-electron chi connectivity index (χ4n) is 1.63. The van der Waals surface area contributed by atoms with Gasteiger partial charge < -0.3 is 0 Å². The van der Waals surface area contributed by atoms with Crippen LogP contribution in [0, 0.1) is 0 Å². The van der Waals surface area contributed by atoms with E-state index in [-0.39, 0.29) is 5.78 Å². The molecule has 0 saturated heterocycles. The second kappa shape index (κ2) is 6.60. The van der Waals surface area contributed by atoms with E-state index in [1.165, 1.54) is 0 Å². The van der Waals surface area contributed by atoms with Crippen molar-refractivity contribution >= 4 is 35.2 Å². The average molecular weight is 289 g/mol. The molecule has 2 aromatic carbocycles. The van der Waals surface area contributed by atoms with E-state index in [0.29, 0.717) is 10.6 Å². The highest BCUT2D eigenvalue weighted by Gasteiger charge is 2.01. The molecule has 0 spiro atoms. The maximum absolute atomic E-state index is 12.0. The molecule has 0 saturated carbocycles. The molecule has 0 heterocycles. The zero-order valence-corrected chi connectivity index (χ0v) is 12.0. The van der Waals surface area contributed by atoms with Crippen LogP contribution in [0.15, 0.2) is 59.5 Å². The summed E-state index contributed by atoms with van der Waals surface area (Å²) in [6.07, 6.45) is 5.35. The maximum Gasteiger partial charge on any atom is 0.185 e. The molecular formula is C16H13ClOS. The fraction of sp³-hybridized carbons (Fsp3) is 0.0625. The molecule has 96 valence electrons. The molecule has 0 fully saturated rings. The maximum atomic E-state index is 12.0. The lowest BCUT2D eigenvalue weighted by Gasteiger charge is -1.98. The average Bonchev–Trinajstić information content (AvgIpc) is 2.45. The third-order valence-corrected chi connectivity index (χ3v) is 3.63. The van der Waals surface area contributed by atoms with Crippen LogP contribution >= 0.6 is 23.4 Å². The van der Waals surface area contributed by atoms with E-state index in [2.05, 4.69) is 0 Å². The molecule has 0 N–H and O–H groups in total. The number of halogens is 1. The molecule has 19 heavy (non-hydrogen) atoms. The molecular weight excluding hydrogens is 276 g/mol. The SMILES string of the molecule is CSc1ccc(C(=O)/C=C/c2cccc(Cl)c2)cc1. The summed E-state index contributed by atoms with van der Waals surface area (Å²) in [5.74, 6) is -0.00683. The predicted octanol–water partition coefficient (Wildman–Crippen LogP) is 4.96. The van der Waals surface area contributed by atoms with Crippen LogP contribution in [0.3, 0.4) is 0 Å². The molecule has 1 nitrogen and oxygen atoms in total. The van der Waals surface area contributed by atoms with Crippen molar-refractivity contribution in [2.75, 3.05) is 6.26 Å². The van der Waals surface area contributed by atoms with Crippen molar-refractivity contribution in [2.45, 2.75) is 4.90 Å². The number of hydrogen-bond acceptors (Lipinski definition) is 2. The van der Waals surface area contributed by atoms with Crippen molar-refractivity contribution < 1.29 is 4.79 Å². The summed E-state index contributed by atoms with van der Waals surface area (Å²) in [6, 6.07) is 15.0. The minimum absolute atomic E-state index is 0.00683. The van der Waals surface area contributed by atoms with Crippen molar-refractivity contribution in [1.82, 2.24) is 0 Å². The molecule has 0 unspecified atom stereocenters. The second-order valence-corrected chi connectivity index (χ2v) is 5.30. The summed E-state index contributed by atoms with van der Waals surface area (Å²) in [5.41, 5.74) is 1.61. The Balaban J connectivity index is 2.11. The van der Waals surface area contributed by atoms with Gasteiger partial charge in [-0.3, -0.25) is 4.79 Å². The zero-order valence-electron chi connectivity index (χ0n) is 10.5. The normalized spacial score (nSPS) is 10.8. The lowest BCUT2D eigenvalue weighted by Crippen LogP contribution is -1.93. The fourth-order valence-corrected chi connectivity index (χ4v) is 2.24. The molecule has 0 amide bonds. The standard InChI is InChI=1S/C16H13ClOS/c1-19-15-8-6-13(7-9-15)16(18)10-5-12-3-2-4-14(17)11-12/h2-11H,1H3/b10-5+. The van der Waals surface area contributed by atoms with E-state index in [1.54, 1.807) is 23.9 Å². The van der Waals surface area contributed by atoms with Gasteiger partial charge in [0.05, 0.1) is 0 Å². The Morgan fingerprint density at radius 1 is 1.16 bits per heavy atom. The van der Waals surface area contributed by atoms with Gasteiger partial charge >= 0.3 is 0 Å². The van der Waals surface area contributed by atoms with Crippen molar-refractivity contribution in [1.29, 1.82) is 0 Å². The summed E-state index contributed by atoms with van der Waals surface area (Å²) < 4.78 is 0. The van der Waals surface area contributed by atoms with Crippen LogP contribution in [0.2, 0.25) is 5.02 Å². The summed E-state index contributed by atoms with van der Waals surface area (Å²) in [4.78, 5) is 13.1. The number of rotatable bonds is 4. The van der Waals surface area contributed by atoms with Gasteiger partial charge in [-0.2, -0.15) is 0 Å². The van der Waals surface area contributed by atoms with Crippen molar-refractivity contribution in [2.24, 2.45) is 0 Å². The van der Waals surface area contributed by atoms with Gasteiger partial charge in [0.15, 0.2) is 5.78 Å². The Labute approximate surface area is 122 Å². The Hall–Kier alpha value is -1.51. The summed E-state index contributed by atoms with van der Waals surface area (Å²) in [6.45, 7) is 0. The van der Waals surface area contributed by atoms with Crippen molar-refractivity contribution in [3.63, 3.8) is 0 Å². The minimum Gasteiger partial charge on any atom is -0.289 e. The molecule has 0 aliphatic carbocycles. The summed E-state index contributed by atoms with van der Waals surface area (Å²) in [5, 5.41) is 0.666. The van der Waals surface area contributed by atoms with Crippen LogP contribution in [0.5, 0.6) is 0 Å². The van der Waals surface area contributed by atoms with E-state index >= 15 is 0 Å². The molecule has 2 rings (SSSR count). The highest BCUT2D eigenvalue weighted by molar-refractivity contribution is 7.98. The highest BCUT2D eigenvalue weighted by Crippen LogP contribution is 2.16. The van der Waals surface area contributed by atoms with Crippen LogP contribution in [-0.4, -0.2) is 12.0 Å². The summed E-state index contributed by atoms with van der Waals surface area (Å²) >= 11 is 7.55. The molecule has 0 radical (unpaired) electrons. The number of thioether (sulfide) groups is 1. The molecule has 0 aromatic heterocycles. The Morgan fingerprint density at radius 3 is 2.53 bits per heavy atom. The first-order valence-corrected chi connectivity index (χ1v) is 7.41. The van der Waals surface area contributed by atoms with Gasteiger partial charge in [0.1, 0.15) is 0 Å². The molecule has 3 heteroatoms. The molecule has 0 aliphatic heterocycles. The molecule has 0 bridgehead atoms. The quantitative estimate of drug-likeness (QED) is 0.449. The molecule has 2 aromatic rings. The molecule has 0 atom stereocenters. The zero-order chi connectivity index (χ0) is 13.7. The lowest BCUT2D eigenvalue weighted by molar-refractivity contribution is 0.104. The van der Waals surface area contributed by atoms with Gasteiger partial charge in [-0.1, -0.05) is 29.8 Å². The van der Waals surface area contributed by atoms with Gasteiger partial charge in [-0.05, 0) is 54.3 Å². The van der Waals surface area contributed by atoms with E-state index < -0.39 is 0 Å². The first kappa shape index (κ1) is 13.9. The lowest BCUT2D eigenvalue weighted by atomic mass is 10.1. The van der Waals surface area contributed by atoms with Crippen LogP contribution in [0.1, 0.15) is 15.9 Å². The monoisotopic (exact) mass is 288 g/mol. The van der Waals surface area contributed by atoms with Gasteiger partial charge in [0.2, 0.25) is 0 Å². The second-order valence-electron chi connectivity index (χ2n) is 3.98. The van der Waals surface area contributed by atoms with E-state index in [4.69, 9.17) is 11.6 Å². The Bertz CT molecular complexity index is 602. The van der Waals surface area contributed by atoms with E-state index in [0.717, 1.165) is 10.5 Å². The van der Waals surface area contributed by atoms with E-state index in [1.807, 2.05) is 54.8 Å². The Kier molecular flexibility index (Phi) is 4.83. The van der Waals surface area contributed by atoms with Crippen LogP contribution in [0.25, 0.3) is 6.08 Å². The number of benzene rings is 2. The largest absolute Gasteiger partial charge is 0.289 e. The smallest absolute Gasteiger partial charge is 0.185 e. The van der Waals surface area contributed by atoms with Gasteiger partial charge in [0, 0.05) is 15.5 Å². The van der Waals surface area contributed by atoms with Gasteiger partial charge in [-0.15, -0.1) is 11.8 Å². The third-order valence-electron chi connectivity index (χ3n) is 2.65. The number of carbonyl (C=O) groups is 1. The number of allylic oxidation sites excluding steroid dienone is 1. The third kappa shape index (κ3) is 3.98. The topological polar surface area (TPSA) is 17.1 Å². The van der Waals surface area contributed by atoms with Gasteiger partial charge in [-0.25, -0.2) is 0 Å². The van der Waals surface area contributed by atoms with E-state index in [9.17, 15) is 4.79 Å². The Morgan fingerprint density at radius 2 is 1.89 bits per heavy atom. The van der Waals surface area contributed by atoms with Crippen LogP contribution in [0.4, 0.5) is 0 Å². The first-order chi connectivity index (χ1) is 9.19. The predicted molar refractivity (Wildman–Crippen MR) is 83.0 cm³/mol. The number of hydrogen-bond donors (Lipinski definition) is 0. The summed E-state index contributed by atoms with van der Waals surface area (Å²) in [7, 11) is 0. The highest BCUT2D eigenvalue weighted by atomic mass is 35.5. The number of ketones is 1. The van der Waals surface area contributed by atoms with Crippen LogP contribution in [-0.2, 0) is 0 Å². The first-order valence-electron chi connectivity index (χ1n) is 5.81. The van der Waals surface area contributed by atoms with Gasteiger partial charge in [0.25, 0.3) is 0 Å². The van der Waals surface area contributed by atoms with Crippen molar-refractivity contribution in [3.05, 3.63) is 70.8 Å².